The molecule has 104 valence electrons. The monoisotopic (exact) mass is 263 g/mol. The summed E-state index contributed by atoms with van der Waals surface area (Å²) in [5, 5.41) is 9.85. The topological polar surface area (TPSA) is 49.8 Å². The first-order valence-corrected chi connectivity index (χ1v) is 6.66. The summed E-state index contributed by atoms with van der Waals surface area (Å²) in [7, 11) is 0. The fraction of sp³-hybridized carbons (Fsp3) is 0.533. The smallest absolute Gasteiger partial charge is 0.264 e. The van der Waals surface area contributed by atoms with Gasteiger partial charge in [0.15, 0.2) is 6.10 Å². The Balaban J connectivity index is 2.05. The van der Waals surface area contributed by atoms with E-state index in [0.29, 0.717) is 19.5 Å². The number of benzene rings is 1. The van der Waals surface area contributed by atoms with Gasteiger partial charge in [-0.15, -0.1) is 0 Å². The van der Waals surface area contributed by atoms with Gasteiger partial charge in [0.2, 0.25) is 0 Å². The molecule has 1 unspecified atom stereocenters. The predicted molar refractivity (Wildman–Crippen MR) is 73.1 cm³/mol. The van der Waals surface area contributed by atoms with Crippen LogP contribution in [0, 0.1) is 0 Å². The zero-order valence-corrected chi connectivity index (χ0v) is 11.7. The molecule has 2 rings (SSSR count). The van der Waals surface area contributed by atoms with E-state index in [1.54, 1.807) is 18.7 Å². The Morgan fingerprint density at radius 3 is 2.74 bits per heavy atom. The highest BCUT2D eigenvalue weighted by atomic mass is 16.5. The van der Waals surface area contributed by atoms with E-state index in [1.165, 1.54) is 0 Å². The van der Waals surface area contributed by atoms with Crippen molar-refractivity contribution in [1.29, 1.82) is 0 Å². The molecule has 1 aromatic carbocycles. The van der Waals surface area contributed by atoms with Gasteiger partial charge in [-0.2, -0.15) is 0 Å². The Bertz CT molecular complexity index is 440. The van der Waals surface area contributed by atoms with Gasteiger partial charge in [0.1, 0.15) is 5.75 Å². The molecule has 19 heavy (non-hydrogen) atoms. The molecule has 0 spiro atoms. The third kappa shape index (κ3) is 3.26. The second-order valence-corrected chi connectivity index (χ2v) is 5.58. The van der Waals surface area contributed by atoms with Crippen molar-refractivity contribution in [2.75, 3.05) is 13.1 Å². The summed E-state index contributed by atoms with van der Waals surface area (Å²) >= 11 is 0. The van der Waals surface area contributed by atoms with E-state index < -0.39 is 11.7 Å². The molecule has 4 heteroatoms. The number of rotatable bonds is 4. The fourth-order valence-corrected chi connectivity index (χ4v) is 2.34. The van der Waals surface area contributed by atoms with Gasteiger partial charge in [-0.1, -0.05) is 18.2 Å². The molecule has 1 aliphatic heterocycles. The third-order valence-corrected chi connectivity index (χ3v) is 3.19. The molecule has 0 bridgehead atoms. The normalized spacial score (nSPS) is 17.8. The van der Waals surface area contributed by atoms with Crippen LogP contribution in [0.3, 0.4) is 0 Å². The molecule has 0 aromatic heterocycles. The molecule has 0 fully saturated rings. The molecule has 1 aliphatic rings. The number of likely N-dealkylation sites (N-methyl/N-ethyl adjacent to an activating group) is 1. The summed E-state index contributed by atoms with van der Waals surface area (Å²) in [5.41, 5.74) is 0.178. The summed E-state index contributed by atoms with van der Waals surface area (Å²) in [6, 6.07) is 7.72. The van der Waals surface area contributed by atoms with Crippen LogP contribution in [0.2, 0.25) is 0 Å². The van der Waals surface area contributed by atoms with Crippen molar-refractivity contribution in [3.8, 4) is 5.75 Å². The summed E-state index contributed by atoms with van der Waals surface area (Å²) in [4.78, 5) is 14.1. The second-order valence-electron chi connectivity index (χ2n) is 5.58. The number of nitrogens with zero attached hydrogens (tertiary/aromatic N) is 1. The van der Waals surface area contributed by atoms with Crippen molar-refractivity contribution in [2.45, 2.75) is 38.9 Å². The van der Waals surface area contributed by atoms with Gasteiger partial charge >= 0.3 is 0 Å². The van der Waals surface area contributed by atoms with Crippen molar-refractivity contribution >= 4 is 5.91 Å². The highest BCUT2D eigenvalue weighted by Crippen LogP contribution is 2.29. The summed E-state index contributed by atoms with van der Waals surface area (Å²) < 4.78 is 5.69. The van der Waals surface area contributed by atoms with Crippen LogP contribution in [0.1, 0.15) is 26.3 Å². The van der Waals surface area contributed by atoms with Gasteiger partial charge in [0.25, 0.3) is 5.91 Å². The lowest BCUT2D eigenvalue weighted by Gasteiger charge is -2.29. The van der Waals surface area contributed by atoms with E-state index in [2.05, 4.69) is 0 Å². The number of ether oxygens (including phenoxy) is 1. The molecule has 1 aromatic rings. The lowest BCUT2D eigenvalue weighted by molar-refractivity contribution is -0.140. The average Bonchev–Trinajstić information content (AvgIpc) is 2.77. The van der Waals surface area contributed by atoms with Crippen LogP contribution in [0.4, 0.5) is 0 Å². The SMILES string of the molecule is CCN(CC(C)(C)O)C(=O)C1Cc2ccccc2O1. The second kappa shape index (κ2) is 5.21. The largest absolute Gasteiger partial charge is 0.480 e. The molecule has 0 radical (unpaired) electrons. The maximum atomic E-state index is 12.4. The zero-order chi connectivity index (χ0) is 14.0. The van der Waals surface area contributed by atoms with Crippen LogP contribution in [0.5, 0.6) is 5.75 Å². The van der Waals surface area contributed by atoms with E-state index in [1.807, 2.05) is 31.2 Å². The fourth-order valence-electron chi connectivity index (χ4n) is 2.34. The summed E-state index contributed by atoms with van der Waals surface area (Å²) in [5.74, 6) is 0.737. The maximum absolute atomic E-state index is 12.4. The highest BCUT2D eigenvalue weighted by molar-refractivity contribution is 5.82. The molecule has 1 atom stereocenters. The van der Waals surface area contributed by atoms with Crippen LogP contribution in [-0.4, -0.2) is 40.7 Å². The Hall–Kier alpha value is -1.55. The average molecular weight is 263 g/mol. The quantitative estimate of drug-likeness (QED) is 0.898. The molecule has 1 N–H and O–H groups in total. The van der Waals surface area contributed by atoms with Crippen LogP contribution in [-0.2, 0) is 11.2 Å². The number of para-hydroxylation sites is 1. The van der Waals surface area contributed by atoms with Gasteiger partial charge in [0, 0.05) is 19.5 Å². The van der Waals surface area contributed by atoms with Crippen molar-refractivity contribution in [3.05, 3.63) is 29.8 Å². The minimum absolute atomic E-state index is 0.0548. The number of amides is 1. The van der Waals surface area contributed by atoms with Gasteiger partial charge in [-0.05, 0) is 32.4 Å². The first-order valence-electron chi connectivity index (χ1n) is 6.66. The molecular weight excluding hydrogens is 242 g/mol. The summed E-state index contributed by atoms with van der Waals surface area (Å²) in [6.07, 6.45) is 0.150. The molecule has 1 heterocycles. The van der Waals surface area contributed by atoms with E-state index in [0.717, 1.165) is 11.3 Å². The lowest BCUT2D eigenvalue weighted by Crippen LogP contribution is -2.47. The number of carbonyl (C=O) groups excluding carboxylic acids is 1. The van der Waals surface area contributed by atoms with Crippen LogP contribution < -0.4 is 4.74 Å². The predicted octanol–water partition coefficient (Wildman–Crippen LogP) is 1.61. The van der Waals surface area contributed by atoms with Crippen molar-refractivity contribution in [2.24, 2.45) is 0 Å². The minimum atomic E-state index is -0.892. The molecule has 4 nitrogen and oxygen atoms in total. The number of carbonyl (C=O) groups is 1. The Morgan fingerprint density at radius 1 is 1.47 bits per heavy atom. The molecule has 0 saturated heterocycles. The van der Waals surface area contributed by atoms with Crippen LogP contribution in [0.15, 0.2) is 24.3 Å². The van der Waals surface area contributed by atoms with Crippen molar-refractivity contribution in [1.82, 2.24) is 4.90 Å². The lowest BCUT2D eigenvalue weighted by atomic mass is 10.1. The Labute approximate surface area is 114 Å². The number of aliphatic hydroxyl groups is 1. The minimum Gasteiger partial charge on any atom is -0.480 e. The molecule has 0 saturated carbocycles. The Morgan fingerprint density at radius 2 is 2.16 bits per heavy atom. The van der Waals surface area contributed by atoms with Crippen LogP contribution >= 0.6 is 0 Å². The van der Waals surface area contributed by atoms with E-state index in [4.69, 9.17) is 4.74 Å². The van der Waals surface area contributed by atoms with Crippen molar-refractivity contribution < 1.29 is 14.6 Å². The first-order chi connectivity index (χ1) is 8.90. The maximum Gasteiger partial charge on any atom is 0.264 e. The van der Waals surface area contributed by atoms with E-state index >= 15 is 0 Å². The number of fused-ring (bicyclic) bond motifs is 1. The number of hydrogen-bond donors (Lipinski definition) is 1. The molecule has 1 amide bonds. The van der Waals surface area contributed by atoms with Gasteiger partial charge in [0.05, 0.1) is 5.60 Å². The standard InChI is InChI=1S/C15H21NO3/c1-4-16(10-15(2,3)18)14(17)13-9-11-7-5-6-8-12(11)19-13/h5-8,13,18H,4,9-10H2,1-3H3. The molecule has 0 aliphatic carbocycles. The Kier molecular flexibility index (Phi) is 3.80. The van der Waals surface area contributed by atoms with E-state index in [9.17, 15) is 9.90 Å². The van der Waals surface area contributed by atoms with Crippen molar-refractivity contribution in [3.63, 3.8) is 0 Å². The highest BCUT2D eigenvalue weighted by Gasteiger charge is 2.33. The van der Waals surface area contributed by atoms with Crippen LogP contribution in [0.25, 0.3) is 0 Å². The summed E-state index contributed by atoms with van der Waals surface area (Å²) in [6.45, 7) is 6.20. The third-order valence-electron chi connectivity index (χ3n) is 3.19. The number of hydrogen-bond acceptors (Lipinski definition) is 3. The van der Waals surface area contributed by atoms with E-state index in [-0.39, 0.29) is 5.91 Å². The first kappa shape index (κ1) is 13.9. The van der Waals surface area contributed by atoms with Gasteiger partial charge in [-0.25, -0.2) is 0 Å². The zero-order valence-electron chi connectivity index (χ0n) is 11.7. The van der Waals surface area contributed by atoms with Gasteiger partial charge < -0.3 is 14.7 Å². The van der Waals surface area contributed by atoms with Gasteiger partial charge in [-0.3, -0.25) is 4.79 Å². The molecular formula is C15H21NO3.